The zero-order valence-electron chi connectivity index (χ0n) is 13.4. The van der Waals surface area contributed by atoms with Gasteiger partial charge in [-0.1, -0.05) is 11.6 Å². The highest BCUT2D eigenvalue weighted by molar-refractivity contribution is 7.14. The van der Waals surface area contributed by atoms with Crippen LogP contribution in [0.4, 0.5) is 5.13 Å². The van der Waals surface area contributed by atoms with E-state index < -0.39 is 0 Å². The maximum Gasteiger partial charge on any atom is 0.276 e. The van der Waals surface area contributed by atoms with Gasteiger partial charge >= 0.3 is 0 Å². The van der Waals surface area contributed by atoms with Gasteiger partial charge in [0.2, 0.25) is 0 Å². The molecule has 0 saturated carbocycles. The quantitative estimate of drug-likeness (QED) is 0.725. The summed E-state index contributed by atoms with van der Waals surface area (Å²) in [6.45, 7) is 0. The van der Waals surface area contributed by atoms with Crippen molar-refractivity contribution in [2.24, 2.45) is 0 Å². The molecule has 0 saturated heterocycles. The molecule has 6 nitrogen and oxygen atoms in total. The first-order valence-corrected chi connectivity index (χ1v) is 8.47. The molecule has 0 unspecified atom stereocenters. The highest BCUT2D eigenvalue weighted by Gasteiger charge is 2.14. The van der Waals surface area contributed by atoms with Crippen LogP contribution in [0.25, 0.3) is 11.3 Å². The van der Waals surface area contributed by atoms with Crippen molar-refractivity contribution in [3.63, 3.8) is 0 Å². The number of nitrogens with one attached hydrogen (secondary N) is 1. The number of nitrogens with zero attached hydrogens (tertiary/aromatic N) is 2. The van der Waals surface area contributed by atoms with Crippen LogP contribution in [-0.2, 0) is 0 Å². The predicted octanol–water partition coefficient (Wildman–Crippen LogP) is 4.13. The Morgan fingerprint density at radius 1 is 1.20 bits per heavy atom. The van der Waals surface area contributed by atoms with Gasteiger partial charge in [-0.05, 0) is 24.3 Å². The van der Waals surface area contributed by atoms with Gasteiger partial charge in [0.05, 0.1) is 19.9 Å². The Bertz CT molecular complexity index is 914. The Balaban J connectivity index is 1.82. The van der Waals surface area contributed by atoms with Gasteiger partial charge in [0.1, 0.15) is 17.2 Å². The van der Waals surface area contributed by atoms with Crippen LogP contribution >= 0.6 is 22.9 Å². The minimum Gasteiger partial charge on any atom is -0.497 e. The lowest BCUT2D eigenvalue weighted by molar-refractivity contribution is 0.102. The Morgan fingerprint density at radius 2 is 2.04 bits per heavy atom. The molecule has 0 atom stereocenters. The summed E-state index contributed by atoms with van der Waals surface area (Å²) in [5, 5.41) is 5.46. The molecule has 25 heavy (non-hydrogen) atoms. The van der Waals surface area contributed by atoms with Crippen LogP contribution in [0.3, 0.4) is 0 Å². The lowest BCUT2D eigenvalue weighted by atomic mass is 10.1. The van der Waals surface area contributed by atoms with E-state index in [-0.39, 0.29) is 11.6 Å². The molecule has 0 bridgehead atoms. The van der Waals surface area contributed by atoms with E-state index in [0.29, 0.717) is 27.3 Å². The zero-order valence-corrected chi connectivity index (χ0v) is 15.0. The molecule has 0 aliphatic carbocycles. The third kappa shape index (κ3) is 3.89. The number of ether oxygens (including phenoxy) is 2. The molecule has 1 aromatic carbocycles. The number of amides is 1. The van der Waals surface area contributed by atoms with Gasteiger partial charge in [0.25, 0.3) is 5.91 Å². The van der Waals surface area contributed by atoms with Crippen molar-refractivity contribution in [1.82, 2.24) is 9.97 Å². The average molecular weight is 376 g/mol. The number of rotatable bonds is 5. The number of hydrogen-bond acceptors (Lipinski definition) is 6. The number of carbonyl (C=O) groups is 1. The van der Waals surface area contributed by atoms with Crippen molar-refractivity contribution in [3.05, 3.63) is 52.6 Å². The molecule has 1 N–H and O–H groups in total. The van der Waals surface area contributed by atoms with Gasteiger partial charge in [0, 0.05) is 28.2 Å². The molecule has 0 aliphatic heterocycles. The van der Waals surface area contributed by atoms with E-state index in [0.717, 1.165) is 5.56 Å². The monoisotopic (exact) mass is 375 g/mol. The number of halogens is 1. The molecule has 0 spiro atoms. The van der Waals surface area contributed by atoms with Gasteiger partial charge in [-0.25, -0.2) is 4.98 Å². The standard InChI is InChI=1S/C17H14ClN3O3S/c1-23-11-3-4-12(15(8-11)24-2)14-9-25-17(20-14)21-16(22)13-7-10(18)5-6-19-13/h3-9H,1-2H3,(H,20,21,22). The van der Waals surface area contributed by atoms with Crippen molar-refractivity contribution in [3.8, 4) is 22.8 Å². The van der Waals surface area contributed by atoms with Crippen molar-refractivity contribution in [2.75, 3.05) is 19.5 Å². The van der Waals surface area contributed by atoms with Crippen LogP contribution in [0, 0.1) is 0 Å². The fourth-order valence-corrected chi connectivity index (χ4v) is 3.02. The lowest BCUT2D eigenvalue weighted by Gasteiger charge is -2.08. The summed E-state index contributed by atoms with van der Waals surface area (Å²) < 4.78 is 10.6. The van der Waals surface area contributed by atoms with Crippen molar-refractivity contribution >= 4 is 34.0 Å². The van der Waals surface area contributed by atoms with E-state index >= 15 is 0 Å². The minimum atomic E-state index is -0.370. The normalized spacial score (nSPS) is 10.4. The summed E-state index contributed by atoms with van der Waals surface area (Å²) in [5.74, 6) is 0.959. The molecule has 8 heteroatoms. The minimum absolute atomic E-state index is 0.228. The summed E-state index contributed by atoms with van der Waals surface area (Å²) in [7, 11) is 3.17. The molecule has 1 amide bonds. The first-order valence-electron chi connectivity index (χ1n) is 7.21. The van der Waals surface area contributed by atoms with Crippen LogP contribution in [0.1, 0.15) is 10.5 Å². The van der Waals surface area contributed by atoms with Crippen LogP contribution < -0.4 is 14.8 Å². The maximum atomic E-state index is 12.2. The van der Waals surface area contributed by atoms with E-state index in [9.17, 15) is 4.79 Å². The summed E-state index contributed by atoms with van der Waals surface area (Å²) in [6.07, 6.45) is 1.48. The highest BCUT2D eigenvalue weighted by atomic mass is 35.5. The molecule has 3 rings (SSSR count). The van der Waals surface area contributed by atoms with Gasteiger partial charge in [-0.3, -0.25) is 15.1 Å². The molecule has 128 valence electrons. The molecule has 0 aliphatic rings. The Kier molecular flexibility index (Phi) is 5.16. The Labute approximate surface area is 153 Å². The summed E-state index contributed by atoms with van der Waals surface area (Å²) in [6, 6.07) is 8.57. The topological polar surface area (TPSA) is 73.3 Å². The number of anilines is 1. The number of methoxy groups -OCH3 is 2. The molecular weight excluding hydrogens is 362 g/mol. The molecule has 2 aromatic heterocycles. The molecule has 2 heterocycles. The fourth-order valence-electron chi connectivity index (χ4n) is 2.16. The Morgan fingerprint density at radius 3 is 2.76 bits per heavy atom. The number of benzene rings is 1. The molecule has 0 fully saturated rings. The Hall–Kier alpha value is -2.64. The SMILES string of the molecule is COc1ccc(-c2csc(NC(=O)c3cc(Cl)ccn3)n2)c(OC)c1. The fraction of sp³-hybridized carbons (Fsp3) is 0.118. The van der Waals surface area contributed by atoms with Gasteiger partial charge in [-0.15, -0.1) is 11.3 Å². The smallest absolute Gasteiger partial charge is 0.276 e. The molecule has 3 aromatic rings. The largest absolute Gasteiger partial charge is 0.497 e. The summed E-state index contributed by atoms with van der Waals surface area (Å²) in [4.78, 5) is 20.6. The number of thiazole rings is 1. The third-order valence-corrected chi connectivity index (χ3v) is 4.36. The maximum absolute atomic E-state index is 12.2. The molecular formula is C17H14ClN3O3S. The van der Waals surface area contributed by atoms with Gasteiger partial charge < -0.3 is 9.47 Å². The van der Waals surface area contributed by atoms with Gasteiger partial charge in [-0.2, -0.15) is 0 Å². The van der Waals surface area contributed by atoms with Crippen molar-refractivity contribution < 1.29 is 14.3 Å². The average Bonchev–Trinajstić information content (AvgIpc) is 3.09. The first-order chi connectivity index (χ1) is 12.1. The van der Waals surface area contributed by atoms with E-state index in [1.54, 1.807) is 26.4 Å². The predicted molar refractivity (Wildman–Crippen MR) is 97.9 cm³/mol. The number of carbonyl (C=O) groups excluding carboxylic acids is 1. The molecule has 0 radical (unpaired) electrons. The van der Waals surface area contributed by atoms with E-state index in [1.807, 2.05) is 17.5 Å². The number of aromatic nitrogens is 2. The third-order valence-electron chi connectivity index (χ3n) is 3.36. The second kappa shape index (κ2) is 7.50. The van der Waals surface area contributed by atoms with Crippen LogP contribution in [0.2, 0.25) is 5.02 Å². The van der Waals surface area contributed by atoms with Gasteiger partial charge in [0.15, 0.2) is 5.13 Å². The summed E-state index contributed by atoms with van der Waals surface area (Å²) in [5.41, 5.74) is 1.73. The second-order valence-corrected chi connectivity index (χ2v) is 6.21. The van der Waals surface area contributed by atoms with Crippen LogP contribution in [0.15, 0.2) is 41.9 Å². The van der Waals surface area contributed by atoms with E-state index in [2.05, 4.69) is 15.3 Å². The number of pyridine rings is 1. The van der Waals surface area contributed by atoms with Crippen LogP contribution in [-0.4, -0.2) is 30.1 Å². The number of hydrogen-bond donors (Lipinski definition) is 1. The lowest BCUT2D eigenvalue weighted by Crippen LogP contribution is -2.13. The highest BCUT2D eigenvalue weighted by Crippen LogP contribution is 2.34. The first kappa shape index (κ1) is 17.2. The van der Waals surface area contributed by atoms with Crippen molar-refractivity contribution in [2.45, 2.75) is 0 Å². The zero-order chi connectivity index (χ0) is 17.8. The second-order valence-electron chi connectivity index (χ2n) is 4.92. The van der Waals surface area contributed by atoms with E-state index in [4.69, 9.17) is 21.1 Å². The van der Waals surface area contributed by atoms with E-state index in [1.165, 1.54) is 23.6 Å². The summed E-state index contributed by atoms with van der Waals surface area (Å²) >= 11 is 7.19. The van der Waals surface area contributed by atoms with Crippen molar-refractivity contribution in [1.29, 1.82) is 0 Å². The van der Waals surface area contributed by atoms with Crippen LogP contribution in [0.5, 0.6) is 11.5 Å².